The molecule has 2 heterocycles. The van der Waals surface area contributed by atoms with Crippen molar-refractivity contribution in [2.45, 2.75) is 45.1 Å². The highest BCUT2D eigenvalue weighted by molar-refractivity contribution is 5.39. The molecule has 1 aromatic heterocycles. The summed E-state index contributed by atoms with van der Waals surface area (Å²) < 4.78 is 5.18. The first-order valence-corrected chi connectivity index (χ1v) is 7.69. The largest absolute Gasteiger partial charge is 0.467 e. The molecular formula is C14H25N5O2. The summed E-state index contributed by atoms with van der Waals surface area (Å²) in [5, 5.41) is 12.4. The average molecular weight is 295 g/mol. The van der Waals surface area contributed by atoms with Gasteiger partial charge in [-0.1, -0.05) is 19.8 Å². The molecule has 0 radical (unpaired) electrons. The molecule has 1 aliphatic rings. The van der Waals surface area contributed by atoms with Gasteiger partial charge in [0.25, 0.3) is 0 Å². The topological polar surface area (TPSA) is 83.4 Å². The monoisotopic (exact) mass is 295 g/mol. The van der Waals surface area contributed by atoms with E-state index in [2.05, 4.69) is 25.2 Å². The first-order valence-electron chi connectivity index (χ1n) is 7.69. The van der Waals surface area contributed by atoms with Gasteiger partial charge in [0, 0.05) is 13.1 Å². The summed E-state index contributed by atoms with van der Waals surface area (Å²) in [6, 6.07) is 0.244. The molecule has 0 saturated carbocycles. The standard InChI is InChI=1S/C14H25N5O2/c1-3-11(10-20)15-12-16-13(18-14(17-12)21-2)19-8-6-4-5-7-9-19/h11,20H,3-10H2,1-2H3,(H,15,16,17,18)/t11-/m0/s1. The number of anilines is 2. The second-order valence-corrected chi connectivity index (χ2v) is 5.28. The Labute approximate surface area is 125 Å². The molecule has 118 valence electrons. The molecule has 2 N–H and O–H groups in total. The Morgan fingerprint density at radius 3 is 2.48 bits per heavy atom. The first kappa shape index (κ1) is 15.8. The van der Waals surface area contributed by atoms with E-state index in [1.807, 2.05) is 6.92 Å². The number of nitrogens with one attached hydrogen (secondary N) is 1. The number of rotatable bonds is 6. The maximum atomic E-state index is 9.29. The molecule has 0 amide bonds. The normalized spacial score (nSPS) is 17.2. The van der Waals surface area contributed by atoms with Crippen LogP contribution < -0.4 is 15.0 Å². The van der Waals surface area contributed by atoms with Gasteiger partial charge in [0.1, 0.15) is 0 Å². The predicted molar refractivity (Wildman–Crippen MR) is 81.8 cm³/mol. The van der Waals surface area contributed by atoms with Crippen LogP contribution >= 0.6 is 0 Å². The maximum absolute atomic E-state index is 9.29. The summed E-state index contributed by atoms with van der Waals surface area (Å²) in [5.74, 6) is 1.11. The van der Waals surface area contributed by atoms with Gasteiger partial charge in [0.2, 0.25) is 11.9 Å². The van der Waals surface area contributed by atoms with E-state index < -0.39 is 0 Å². The third-order valence-electron chi connectivity index (χ3n) is 3.72. The predicted octanol–water partition coefficient (Wildman–Crippen LogP) is 1.44. The lowest BCUT2D eigenvalue weighted by Gasteiger charge is -2.21. The zero-order chi connectivity index (χ0) is 15.1. The Morgan fingerprint density at radius 2 is 1.90 bits per heavy atom. The summed E-state index contributed by atoms with van der Waals surface area (Å²) in [5.41, 5.74) is 0. The minimum Gasteiger partial charge on any atom is -0.467 e. The van der Waals surface area contributed by atoms with Crippen LogP contribution in [0.2, 0.25) is 0 Å². The number of aromatic nitrogens is 3. The minimum atomic E-state index is -0.0610. The average Bonchev–Trinajstić information content (AvgIpc) is 2.81. The molecule has 0 aromatic carbocycles. The smallest absolute Gasteiger partial charge is 0.322 e. The molecule has 7 nitrogen and oxygen atoms in total. The molecule has 0 spiro atoms. The number of ether oxygens (including phenoxy) is 1. The highest BCUT2D eigenvalue weighted by Gasteiger charge is 2.16. The lowest BCUT2D eigenvalue weighted by atomic mass is 10.2. The lowest BCUT2D eigenvalue weighted by Crippen LogP contribution is -2.28. The van der Waals surface area contributed by atoms with E-state index in [1.54, 1.807) is 7.11 Å². The Morgan fingerprint density at radius 1 is 1.19 bits per heavy atom. The molecule has 1 aliphatic heterocycles. The molecule has 0 unspecified atom stereocenters. The maximum Gasteiger partial charge on any atom is 0.322 e. The first-order chi connectivity index (χ1) is 10.3. The van der Waals surface area contributed by atoms with Crippen molar-refractivity contribution in [2.75, 3.05) is 37.0 Å². The van der Waals surface area contributed by atoms with E-state index in [9.17, 15) is 5.11 Å². The second kappa shape index (κ2) is 7.97. The molecule has 1 fully saturated rings. The fourth-order valence-electron chi connectivity index (χ4n) is 2.37. The van der Waals surface area contributed by atoms with E-state index in [1.165, 1.54) is 12.8 Å². The molecule has 1 atom stereocenters. The van der Waals surface area contributed by atoms with Crippen LogP contribution in [0, 0.1) is 0 Å². The number of aliphatic hydroxyl groups excluding tert-OH is 1. The second-order valence-electron chi connectivity index (χ2n) is 5.28. The Kier molecular flexibility index (Phi) is 5.98. The number of nitrogens with zero attached hydrogens (tertiary/aromatic N) is 4. The zero-order valence-corrected chi connectivity index (χ0v) is 12.9. The molecule has 1 aromatic rings. The van der Waals surface area contributed by atoms with Crippen molar-refractivity contribution < 1.29 is 9.84 Å². The fourth-order valence-corrected chi connectivity index (χ4v) is 2.37. The Bertz CT molecular complexity index is 431. The van der Waals surface area contributed by atoms with Gasteiger partial charge >= 0.3 is 6.01 Å². The number of hydrogen-bond acceptors (Lipinski definition) is 7. The summed E-state index contributed by atoms with van der Waals surface area (Å²) in [6.07, 6.45) is 5.62. The van der Waals surface area contributed by atoms with Crippen LogP contribution in [0.3, 0.4) is 0 Å². The van der Waals surface area contributed by atoms with Crippen molar-refractivity contribution in [3.63, 3.8) is 0 Å². The van der Waals surface area contributed by atoms with Gasteiger partial charge in [0.15, 0.2) is 0 Å². The fraction of sp³-hybridized carbons (Fsp3) is 0.786. The summed E-state index contributed by atoms with van der Waals surface area (Å²) in [7, 11) is 1.55. The SMILES string of the molecule is CC[C@@H](CO)Nc1nc(OC)nc(N2CCCCCC2)n1. The molecular weight excluding hydrogens is 270 g/mol. The van der Waals surface area contributed by atoms with Gasteiger partial charge in [-0.05, 0) is 19.3 Å². The Hall–Kier alpha value is -1.63. The molecule has 0 bridgehead atoms. The van der Waals surface area contributed by atoms with Gasteiger partial charge < -0.3 is 20.1 Å². The van der Waals surface area contributed by atoms with Gasteiger partial charge in [-0.2, -0.15) is 15.0 Å². The van der Waals surface area contributed by atoms with Gasteiger partial charge in [0.05, 0.1) is 19.8 Å². The van der Waals surface area contributed by atoms with E-state index >= 15 is 0 Å². The molecule has 21 heavy (non-hydrogen) atoms. The van der Waals surface area contributed by atoms with Gasteiger partial charge in [-0.3, -0.25) is 0 Å². The molecule has 7 heteroatoms. The zero-order valence-electron chi connectivity index (χ0n) is 12.9. The van der Waals surface area contributed by atoms with Crippen LogP contribution in [0.15, 0.2) is 0 Å². The lowest BCUT2D eigenvalue weighted by molar-refractivity contribution is 0.271. The Balaban J connectivity index is 2.19. The minimum absolute atomic E-state index is 0.0452. The molecule has 1 saturated heterocycles. The highest BCUT2D eigenvalue weighted by atomic mass is 16.5. The number of methoxy groups -OCH3 is 1. The third-order valence-corrected chi connectivity index (χ3v) is 3.72. The highest BCUT2D eigenvalue weighted by Crippen LogP contribution is 2.19. The van der Waals surface area contributed by atoms with E-state index in [4.69, 9.17) is 4.74 Å². The van der Waals surface area contributed by atoms with Crippen molar-refractivity contribution >= 4 is 11.9 Å². The molecule has 0 aliphatic carbocycles. The third kappa shape index (κ3) is 4.42. The summed E-state index contributed by atoms with van der Waals surface area (Å²) in [6.45, 7) is 3.97. The van der Waals surface area contributed by atoms with Crippen LogP contribution in [0.5, 0.6) is 6.01 Å². The number of hydrogen-bond donors (Lipinski definition) is 2. The van der Waals surface area contributed by atoms with Crippen LogP contribution in [-0.2, 0) is 0 Å². The quantitative estimate of drug-likeness (QED) is 0.821. The number of aliphatic hydroxyl groups is 1. The van der Waals surface area contributed by atoms with E-state index in [-0.39, 0.29) is 12.6 Å². The summed E-state index contributed by atoms with van der Waals surface area (Å²) >= 11 is 0. The van der Waals surface area contributed by atoms with Crippen molar-refractivity contribution in [1.29, 1.82) is 0 Å². The summed E-state index contributed by atoms with van der Waals surface area (Å²) in [4.78, 5) is 15.2. The van der Waals surface area contributed by atoms with Crippen molar-refractivity contribution in [3.8, 4) is 6.01 Å². The van der Waals surface area contributed by atoms with E-state index in [0.717, 1.165) is 32.4 Å². The van der Waals surface area contributed by atoms with Crippen molar-refractivity contribution in [1.82, 2.24) is 15.0 Å². The van der Waals surface area contributed by atoms with Crippen LogP contribution in [0.4, 0.5) is 11.9 Å². The van der Waals surface area contributed by atoms with Crippen LogP contribution in [-0.4, -0.2) is 52.9 Å². The van der Waals surface area contributed by atoms with Crippen molar-refractivity contribution in [3.05, 3.63) is 0 Å². The van der Waals surface area contributed by atoms with Gasteiger partial charge in [-0.15, -0.1) is 0 Å². The van der Waals surface area contributed by atoms with E-state index in [0.29, 0.717) is 17.9 Å². The van der Waals surface area contributed by atoms with Crippen LogP contribution in [0.25, 0.3) is 0 Å². The van der Waals surface area contributed by atoms with Gasteiger partial charge in [-0.25, -0.2) is 0 Å². The van der Waals surface area contributed by atoms with Crippen LogP contribution in [0.1, 0.15) is 39.0 Å². The molecule has 2 rings (SSSR count). The van der Waals surface area contributed by atoms with Crippen molar-refractivity contribution in [2.24, 2.45) is 0 Å².